The fraction of sp³-hybridized carbons (Fsp3) is 0.444. The van der Waals surface area contributed by atoms with Gasteiger partial charge in [0.1, 0.15) is 4.90 Å². The van der Waals surface area contributed by atoms with Crippen LogP contribution in [0.4, 0.5) is 0 Å². The van der Waals surface area contributed by atoms with Crippen LogP contribution in [0.2, 0.25) is 0 Å². The molecule has 0 aromatic heterocycles. The third-order valence-corrected chi connectivity index (χ3v) is 10.3. The first-order chi connectivity index (χ1) is 23.2. The Morgan fingerprint density at radius 1 is 0.750 bits per heavy atom. The van der Waals surface area contributed by atoms with Crippen LogP contribution in [0.1, 0.15) is 90.0 Å². The van der Waals surface area contributed by atoms with Gasteiger partial charge < -0.3 is 28.4 Å². The maximum absolute atomic E-state index is 13.6. The predicted molar refractivity (Wildman–Crippen MR) is 178 cm³/mol. The Kier molecular flexibility index (Phi) is 11.2. The molecule has 258 valence electrons. The largest absolute Gasteiger partial charge is 0.493 e. The van der Waals surface area contributed by atoms with Crippen molar-refractivity contribution in [2.75, 3.05) is 46.8 Å². The second kappa shape index (κ2) is 15.3. The third-order valence-electron chi connectivity index (χ3n) is 8.41. The summed E-state index contributed by atoms with van der Waals surface area (Å²) in [6.07, 6.45) is 2.00. The van der Waals surface area contributed by atoms with Gasteiger partial charge in [-0.15, -0.1) is 0 Å². The van der Waals surface area contributed by atoms with E-state index in [-0.39, 0.29) is 53.2 Å². The van der Waals surface area contributed by atoms with Crippen LogP contribution in [0.15, 0.2) is 53.4 Å². The lowest BCUT2D eigenvalue weighted by Crippen LogP contribution is -2.31. The number of fused-ring (bicyclic) bond motifs is 1. The topological polar surface area (TPSA) is 127 Å². The molecule has 11 nitrogen and oxygen atoms in total. The molecule has 5 rings (SSSR count). The van der Waals surface area contributed by atoms with E-state index in [1.807, 2.05) is 26.0 Å². The lowest BCUT2D eigenvalue weighted by molar-refractivity contribution is 0.0434. The van der Waals surface area contributed by atoms with Gasteiger partial charge in [-0.2, -0.15) is 0 Å². The molecule has 12 heteroatoms. The van der Waals surface area contributed by atoms with Crippen molar-refractivity contribution < 1.29 is 46.4 Å². The van der Waals surface area contributed by atoms with Crippen LogP contribution in [0.5, 0.6) is 28.7 Å². The Morgan fingerprint density at radius 2 is 1.33 bits per heavy atom. The quantitative estimate of drug-likeness (QED) is 0.125. The van der Waals surface area contributed by atoms with Crippen molar-refractivity contribution in [3.63, 3.8) is 0 Å². The summed E-state index contributed by atoms with van der Waals surface area (Å²) < 4.78 is 62.5. The summed E-state index contributed by atoms with van der Waals surface area (Å²) in [5.74, 6) is 1.22. The van der Waals surface area contributed by atoms with Gasteiger partial charge in [0.15, 0.2) is 32.8 Å². The molecule has 0 radical (unpaired) electrons. The second-order valence-corrected chi connectivity index (χ2v) is 13.8. The summed E-state index contributed by atoms with van der Waals surface area (Å²) in [5, 5.41) is 0. The SMILES string of the molecule is CCCOc1c(OCCCN2C(=O)c3ccccc3C2=O)cc([C@@H]2CC[C@@H](c3cc(OC)c(OC)c(OC)c3)O2)cc1S(=O)(=O)CCC. The van der Waals surface area contributed by atoms with Crippen molar-refractivity contribution in [1.82, 2.24) is 4.90 Å². The Labute approximate surface area is 281 Å². The first-order valence-corrected chi connectivity index (χ1v) is 17.9. The molecule has 2 aliphatic heterocycles. The molecule has 48 heavy (non-hydrogen) atoms. The number of hydrogen-bond acceptors (Lipinski definition) is 10. The van der Waals surface area contributed by atoms with Crippen molar-refractivity contribution in [3.05, 3.63) is 70.8 Å². The van der Waals surface area contributed by atoms with Crippen molar-refractivity contribution in [2.24, 2.45) is 0 Å². The molecule has 1 fully saturated rings. The van der Waals surface area contributed by atoms with Gasteiger partial charge in [-0.05, 0) is 79.6 Å². The average Bonchev–Trinajstić information content (AvgIpc) is 3.68. The molecular formula is C36H43NO10S. The second-order valence-electron chi connectivity index (χ2n) is 11.7. The van der Waals surface area contributed by atoms with Crippen LogP contribution < -0.4 is 23.7 Å². The highest BCUT2D eigenvalue weighted by Gasteiger charge is 2.35. The summed E-state index contributed by atoms with van der Waals surface area (Å²) in [4.78, 5) is 26.9. The molecule has 3 aromatic carbocycles. The minimum Gasteiger partial charge on any atom is -0.493 e. The lowest BCUT2D eigenvalue weighted by Gasteiger charge is -2.21. The van der Waals surface area contributed by atoms with E-state index in [0.29, 0.717) is 72.6 Å². The first kappa shape index (κ1) is 35.0. The van der Waals surface area contributed by atoms with E-state index in [2.05, 4.69) is 0 Å². The van der Waals surface area contributed by atoms with Crippen LogP contribution in [0.25, 0.3) is 0 Å². The zero-order valence-corrected chi connectivity index (χ0v) is 28.9. The van der Waals surface area contributed by atoms with Gasteiger partial charge in [-0.1, -0.05) is 26.0 Å². The summed E-state index contributed by atoms with van der Waals surface area (Å²) in [6, 6.07) is 13.9. The molecule has 0 unspecified atom stereocenters. The van der Waals surface area contributed by atoms with Crippen LogP contribution in [0.3, 0.4) is 0 Å². The Balaban J connectivity index is 1.41. The Hall–Kier alpha value is -4.29. The van der Waals surface area contributed by atoms with Gasteiger partial charge in [0, 0.05) is 6.54 Å². The molecule has 2 amide bonds. The van der Waals surface area contributed by atoms with Crippen LogP contribution in [-0.4, -0.2) is 72.0 Å². The van der Waals surface area contributed by atoms with E-state index in [1.54, 1.807) is 57.7 Å². The average molecular weight is 682 g/mol. The van der Waals surface area contributed by atoms with Gasteiger partial charge in [0.05, 0.1) is 63.6 Å². The van der Waals surface area contributed by atoms with E-state index < -0.39 is 15.9 Å². The summed E-state index contributed by atoms with van der Waals surface area (Å²) in [6.45, 7) is 4.31. The monoisotopic (exact) mass is 681 g/mol. The van der Waals surface area contributed by atoms with Gasteiger partial charge in [0.2, 0.25) is 5.75 Å². The minimum absolute atomic E-state index is 0.0578. The summed E-state index contributed by atoms with van der Waals surface area (Å²) in [5.41, 5.74) is 2.27. The molecule has 0 aliphatic carbocycles. The smallest absolute Gasteiger partial charge is 0.261 e. The highest BCUT2D eigenvalue weighted by molar-refractivity contribution is 7.91. The van der Waals surface area contributed by atoms with Gasteiger partial charge in [0.25, 0.3) is 11.8 Å². The van der Waals surface area contributed by atoms with Crippen molar-refractivity contribution in [3.8, 4) is 28.7 Å². The van der Waals surface area contributed by atoms with Crippen LogP contribution >= 0.6 is 0 Å². The number of carbonyl (C=O) groups excluding carboxylic acids is 2. The van der Waals surface area contributed by atoms with Gasteiger partial charge in [-0.3, -0.25) is 14.5 Å². The number of ether oxygens (including phenoxy) is 6. The minimum atomic E-state index is -3.73. The summed E-state index contributed by atoms with van der Waals surface area (Å²) >= 11 is 0. The maximum atomic E-state index is 13.6. The number of rotatable bonds is 16. The fourth-order valence-corrected chi connectivity index (χ4v) is 7.62. The van der Waals surface area contributed by atoms with E-state index in [0.717, 1.165) is 5.56 Å². The zero-order valence-electron chi connectivity index (χ0n) is 28.1. The molecule has 0 bridgehead atoms. The van der Waals surface area contributed by atoms with Crippen LogP contribution in [0, 0.1) is 0 Å². The van der Waals surface area contributed by atoms with E-state index in [1.165, 1.54) is 4.90 Å². The highest BCUT2D eigenvalue weighted by atomic mass is 32.2. The molecule has 3 aromatic rings. The molecule has 2 heterocycles. The molecule has 2 aliphatic rings. The Bertz CT molecular complexity index is 1700. The highest BCUT2D eigenvalue weighted by Crippen LogP contribution is 2.48. The number of nitrogens with zero attached hydrogens (tertiary/aromatic N) is 1. The molecule has 0 saturated carbocycles. The zero-order chi connectivity index (χ0) is 34.4. The number of methoxy groups -OCH3 is 3. The predicted octanol–water partition coefficient (Wildman–Crippen LogP) is 6.34. The lowest BCUT2D eigenvalue weighted by atomic mass is 10.0. The van der Waals surface area contributed by atoms with Gasteiger partial charge in [-0.25, -0.2) is 8.42 Å². The number of imide groups is 1. The standard InChI is InChI=1S/C36H43NO10S/c1-6-16-46-34-31(45-17-10-15-37-35(38)25-11-8-9-12-26(25)36(37)39)21-24(22-32(34)48(40,41)18-7-2)28-14-13-27(47-28)23-19-29(42-3)33(44-5)30(20-23)43-4/h8-9,11-12,19-22,27-28H,6-7,10,13-18H2,1-5H3/t27-,28-/m0/s1. The summed E-state index contributed by atoms with van der Waals surface area (Å²) in [7, 11) is 0.928. The third kappa shape index (κ3) is 7.09. The molecule has 1 saturated heterocycles. The first-order valence-electron chi connectivity index (χ1n) is 16.2. The maximum Gasteiger partial charge on any atom is 0.261 e. The number of benzene rings is 3. The van der Waals surface area contributed by atoms with Crippen LogP contribution in [-0.2, 0) is 14.6 Å². The fourth-order valence-electron chi connectivity index (χ4n) is 6.11. The number of carbonyl (C=O) groups is 2. The normalized spacial score (nSPS) is 17.4. The number of hydrogen-bond donors (Lipinski definition) is 0. The van der Waals surface area contributed by atoms with E-state index in [4.69, 9.17) is 28.4 Å². The van der Waals surface area contributed by atoms with E-state index in [9.17, 15) is 18.0 Å². The van der Waals surface area contributed by atoms with Crippen molar-refractivity contribution in [1.29, 1.82) is 0 Å². The van der Waals surface area contributed by atoms with Crippen molar-refractivity contribution in [2.45, 2.75) is 63.1 Å². The molecular weight excluding hydrogens is 638 g/mol. The molecule has 0 N–H and O–H groups in total. The number of sulfone groups is 1. The number of amides is 2. The Morgan fingerprint density at radius 3 is 1.88 bits per heavy atom. The molecule has 0 spiro atoms. The van der Waals surface area contributed by atoms with Crippen molar-refractivity contribution >= 4 is 21.7 Å². The molecule has 2 atom stereocenters. The van der Waals surface area contributed by atoms with Gasteiger partial charge >= 0.3 is 0 Å². The van der Waals surface area contributed by atoms with E-state index >= 15 is 0 Å².